The molecule has 0 saturated heterocycles. The summed E-state index contributed by atoms with van der Waals surface area (Å²) < 4.78 is 31.4. The fourth-order valence-corrected chi connectivity index (χ4v) is 2.85. The average molecular weight is 306 g/mol. The number of rotatable bonds is 4. The Balaban J connectivity index is 2.39. The molecular weight excluding hydrogens is 292 g/mol. The van der Waals surface area contributed by atoms with Crippen molar-refractivity contribution in [1.29, 1.82) is 0 Å². The van der Waals surface area contributed by atoms with Gasteiger partial charge in [-0.1, -0.05) is 24.3 Å². The van der Waals surface area contributed by atoms with E-state index in [0.29, 0.717) is 0 Å². The Bertz CT molecular complexity index is 758. The number of anilines is 2. The van der Waals surface area contributed by atoms with E-state index >= 15 is 0 Å². The number of sulfonamides is 1. The number of hydrogen-bond donors (Lipinski definition) is 2. The molecule has 0 spiro atoms. The van der Waals surface area contributed by atoms with Crippen molar-refractivity contribution in [3.05, 3.63) is 54.1 Å². The van der Waals surface area contributed by atoms with Crippen molar-refractivity contribution in [2.24, 2.45) is 0 Å². The fraction of sp³-hybridized carbons (Fsp3) is 0.0714. The van der Waals surface area contributed by atoms with Crippen molar-refractivity contribution in [2.75, 3.05) is 17.6 Å². The van der Waals surface area contributed by atoms with Gasteiger partial charge in [0.05, 0.1) is 28.9 Å². The molecular formula is C14H14N2O4S. The van der Waals surface area contributed by atoms with Crippen LogP contribution in [0.5, 0.6) is 0 Å². The number of para-hydroxylation sites is 1. The number of hydrogen-bond acceptors (Lipinski definition) is 5. The highest BCUT2D eigenvalue weighted by Crippen LogP contribution is 2.26. The summed E-state index contributed by atoms with van der Waals surface area (Å²) in [6.07, 6.45) is 0. The molecule has 6 nitrogen and oxygen atoms in total. The SMILES string of the molecule is COC(=O)c1cccc(NS(=O)(=O)c2ccccc2)c1N. The van der Waals surface area contributed by atoms with E-state index in [1.54, 1.807) is 18.2 Å². The monoisotopic (exact) mass is 306 g/mol. The van der Waals surface area contributed by atoms with Crippen molar-refractivity contribution in [3.8, 4) is 0 Å². The first-order valence-corrected chi connectivity index (χ1v) is 7.48. The smallest absolute Gasteiger partial charge is 0.340 e. The summed E-state index contributed by atoms with van der Waals surface area (Å²) in [6.45, 7) is 0. The lowest BCUT2D eigenvalue weighted by molar-refractivity contribution is 0.0602. The molecule has 0 aliphatic carbocycles. The molecule has 110 valence electrons. The van der Waals surface area contributed by atoms with Gasteiger partial charge in [-0.15, -0.1) is 0 Å². The summed E-state index contributed by atoms with van der Waals surface area (Å²) in [7, 11) is -2.54. The van der Waals surface area contributed by atoms with Gasteiger partial charge in [0, 0.05) is 0 Å². The molecule has 21 heavy (non-hydrogen) atoms. The molecule has 2 rings (SSSR count). The third-order valence-electron chi connectivity index (χ3n) is 2.81. The van der Waals surface area contributed by atoms with E-state index in [1.165, 1.54) is 37.4 Å². The number of nitrogen functional groups attached to an aromatic ring is 1. The van der Waals surface area contributed by atoms with Crippen LogP contribution in [0.15, 0.2) is 53.4 Å². The molecule has 2 aromatic carbocycles. The molecule has 0 fully saturated rings. The summed E-state index contributed by atoms with van der Waals surface area (Å²) in [5.41, 5.74) is 6.06. The van der Waals surface area contributed by atoms with Gasteiger partial charge in [-0.25, -0.2) is 13.2 Å². The highest BCUT2D eigenvalue weighted by Gasteiger charge is 2.18. The first-order valence-electron chi connectivity index (χ1n) is 6.00. The maximum absolute atomic E-state index is 12.2. The van der Waals surface area contributed by atoms with Gasteiger partial charge in [-0.2, -0.15) is 0 Å². The van der Waals surface area contributed by atoms with Crippen LogP contribution in [-0.4, -0.2) is 21.5 Å². The summed E-state index contributed by atoms with van der Waals surface area (Å²) in [5.74, 6) is -0.631. The lowest BCUT2D eigenvalue weighted by Crippen LogP contribution is -2.15. The lowest BCUT2D eigenvalue weighted by atomic mass is 10.1. The minimum atomic E-state index is -3.77. The van der Waals surface area contributed by atoms with Crippen LogP contribution in [0.1, 0.15) is 10.4 Å². The third-order valence-corrected chi connectivity index (χ3v) is 4.19. The maximum atomic E-state index is 12.2. The molecule has 0 aromatic heterocycles. The van der Waals surface area contributed by atoms with Crippen LogP contribution in [0.3, 0.4) is 0 Å². The third kappa shape index (κ3) is 3.14. The Morgan fingerprint density at radius 2 is 1.76 bits per heavy atom. The number of methoxy groups -OCH3 is 1. The minimum Gasteiger partial charge on any atom is -0.465 e. The van der Waals surface area contributed by atoms with Gasteiger partial charge in [0.1, 0.15) is 0 Å². The van der Waals surface area contributed by atoms with Crippen LogP contribution in [0, 0.1) is 0 Å². The standard InChI is InChI=1S/C14H14N2O4S/c1-20-14(17)11-8-5-9-12(13(11)15)16-21(18,19)10-6-3-2-4-7-10/h2-9,16H,15H2,1H3. The zero-order chi connectivity index (χ0) is 15.5. The molecule has 0 bridgehead atoms. The molecule has 0 unspecified atom stereocenters. The van der Waals surface area contributed by atoms with E-state index in [0.717, 1.165) is 0 Å². The van der Waals surface area contributed by atoms with Gasteiger partial charge in [0.2, 0.25) is 0 Å². The van der Waals surface area contributed by atoms with Gasteiger partial charge >= 0.3 is 5.97 Å². The van der Waals surface area contributed by atoms with Crippen LogP contribution >= 0.6 is 0 Å². The second-order valence-electron chi connectivity index (χ2n) is 4.18. The number of carbonyl (C=O) groups excluding carboxylic acids is 1. The van der Waals surface area contributed by atoms with Gasteiger partial charge in [-0.3, -0.25) is 4.72 Å². The molecule has 0 heterocycles. The average Bonchev–Trinajstić information content (AvgIpc) is 2.49. The second-order valence-corrected chi connectivity index (χ2v) is 5.86. The highest BCUT2D eigenvalue weighted by atomic mass is 32.2. The molecule has 7 heteroatoms. The van der Waals surface area contributed by atoms with Crippen molar-refractivity contribution >= 4 is 27.4 Å². The molecule has 0 amide bonds. The maximum Gasteiger partial charge on any atom is 0.340 e. The molecule has 0 saturated carbocycles. The van der Waals surface area contributed by atoms with Gasteiger partial charge in [0.25, 0.3) is 10.0 Å². The molecule has 3 N–H and O–H groups in total. The summed E-state index contributed by atoms with van der Waals surface area (Å²) >= 11 is 0. The summed E-state index contributed by atoms with van der Waals surface area (Å²) in [5, 5.41) is 0. The molecule has 0 radical (unpaired) electrons. The molecule has 2 aromatic rings. The van der Waals surface area contributed by atoms with Crippen molar-refractivity contribution in [1.82, 2.24) is 0 Å². The Hall–Kier alpha value is -2.54. The van der Waals surface area contributed by atoms with Crippen LogP contribution in [0.4, 0.5) is 11.4 Å². The number of nitrogens with two attached hydrogens (primary N) is 1. The normalized spacial score (nSPS) is 10.9. The topological polar surface area (TPSA) is 98.5 Å². The zero-order valence-corrected chi connectivity index (χ0v) is 12.1. The second kappa shape index (κ2) is 5.84. The van der Waals surface area contributed by atoms with E-state index in [2.05, 4.69) is 9.46 Å². The molecule has 0 aliphatic heterocycles. The van der Waals surface area contributed by atoms with Crippen LogP contribution in [-0.2, 0) is 14.8 Å². The molecule has 0 atom stereocenters. The van der Waals surface area contributed by atoms with Crippen molar-refractivity contribution in [2.45, 2.75) is 4.90 Å². The van der Waals surface area contributed by atoms with Crippen LogP contribution < -0.4 is 10.5 Å². The number of esters is 1. The first-order chi connectivity index (χ1) is 9.95. The lowest BCUT2D eigenvalue weighted by Gasteiger charge is -2.12. The van der Waals surface area contributed by atoms with Gasteiger partial charge in [0.15, 0.2) is 0 Å². The van der Waals surface area contributed by atoms with Crippen molar-refractivity contribution in [3.63, 3.8) is 0 Å². The highest BCUT2D eigenvalue weighted by molar-refractivity contribution is 7.92. The largest absolute Gasteiger partial charge is 0.465 e. The Kier molecular flexibility index (Phi) is 4.13. The van der Waals surface area contributed by atoms with Crippen LogP contribution in [0.25, 0.3) is 0 Å². The van der Waals surface area contributed by atoms with E-state index < -0.39 is 16.0 Å². The van der Waals surface area contributed by atoms with Crippen molar-refractivity contribution < 1.29 is 17.9 Å². The van der Waals surface area contributed by atoms with E-state index in [4.69, 9.17) is 5.73 Å². The van der Waals surface area contributed by atoms with E-state index in [9.17, 15) is 13.2 Å². The number of carbonyl (C=O) groups is 1. The summed E-state index contributed by atoms with van der Waals surface area (Å²) in [4.78, 5) is 11.6. The van der Waals surface area contributed by atoms with Crippen LogP contribution in [0.2, 0.25) is 0 Å². The Labute approximate surface area is 122 Å². The van der Waals surface area contributed by atoms with E-state index in [1.807, 2.05) is 0 Å². The number of nitrogens with one attached hydrogen (secondary N) is 1. The molecule has 0 aliphatic rings. The predicted octanol–water partition coefficient (Wildman–Crippen LogP) is 1.86. The quantitative estimate of drug-likeness (QED) is 0.663. The summed E-state index contributed by atoms with van der Waals surface area (Å²) in [6, 6.07) is 12.3. The minimum absolute atomic E-state index is 0.0175. The Morgan fingerprint density at radius 3 is 2.38 bits per heavy atom. The van der Waals surface area contributed by atoms with E-state index in [-0.39, 0.29) is 21.8 Å². The van der Waals surface area contributed by atoms with Gasteiger partial charge < -0.3 is 10.5 Å². The first kappa shape index (κ1) is 14.9. The fourth-order valence-electron chi connectivity index (χ4n) is 1.75. The number of ether oxygens (including phenoxy) is 1. The predicted molar refractivity (Wildman–Crippen MR) is 79.4 cm³/mol. The van der Waals surface area contributed by atoms with Gasteiger partial charge in [-0.05, 0) is 24.3 Å². The zero-order valence-electron chi connectivity index (χ0n) is 11.2. The Morgan fingerprint density at radius 1 is 1.10 bits per heavy atom. The number of benzene rings is 2.